The van der Waals surface area contributed by atoms with Crippen LogP contribution in [0.2, 0.25) is 0 Å². The third-order valence-electron chi connectivity index (χ3n) is 3.64. The molecule has 0 fully saturated rings. The third-order valence-corrected chi connectivity index (χ3v) is 3.64. The number of hydrogen-bond donors (Lipinski definition) is 2. The predicted molar refractivity (Wildman–Crippen MR) is 94.2 cm³/mol. The minimum absolute atomic E-state index is 0.00701. The number of nitrogens with one attached hydrogen (secondary N) is 1. The first-order valence-corrected chi connectivity index (χ1v) is 8.48. The van der Waals surface area contributed by atoms with Crippen molar-refractivity contribution in [1.29, 1.82) is 0 Å². The van der Waals surface area contributed by atoms with E-state index >= 15 is 0 Å². The van der Waals surface area contributed by atoms with Gasteiger partial charge >= 0.3 is 12.1 Å². The molecule has 0 bridgehead atoms. The fourth-order valence-electron chi connectivity index (χ4n) is 2.24. The Morgan fingerprint density at radius 2 is 1.96 bits per heavy atom. The van der Waals surface area contributed by atoms with Crippen LogP contribution in [0.3, 0.4) is 0 Å². The van der Waals surface area contributed by atoms with Crippen molar-refractivity contribution in [2.45, 2.75) is 32.4 Å². The van der Waals surface area contributed by atoms with Crippen LogP contribution in [0, 0.1) is 12.1 Å². The van der Waals surface area contributed by atoms with Gasteiger partial charge < -0.3 is 19.9 Å². The van der Waals surface area contributed by atoms with Gasteiger partial charge in [0.25, 0.3) is 0 Å². The predicted octanol–water partition coefficient (Wildman–Crippen LogP) is 2.90. The van der Waals surface area contributed by atoms with Gasteiger partial charge in [-0.2, -0.15) is 13.2 Å². The van der Waals surface area contributed by atoms with Crippen LogP contribution in [0.5, 0.6) is 5.75 Å². The number of ether oxygens (including phenoxy) is 2. The first-order valence-electron chi connectivity index (χ1n) is 8.48. The number of aliphatic hydroxyl groups is 1. The van der Waals surface area contributed by atoms with Crippen molar-refractivity contribution >= 4 is 5.97 Å². The second-order valence-electron chi connectivity index (χ2n) is 6.00. The summed E-state index contributed by atoms with van der Waals surface area (Å²) in [5.74, 6) is 0.0878. The van der Waals surface area contributed by atoms with Gasteiger partial charge in [-0.05, 0) is 18.2 Å². The average Bonchev–Trinajstić information content (AvgIpc) is 2.65. The van der Waals surface area contributed by atoms with E-state index in [-0.39, 0.29) is 26.3 Å². The molecule has 8 heteroatoms. The average molecular weight is 395 g/mol. The lowest BCUT2D eigenvalue weighted by molar-refractivity contribution is -0.142. The fourth-order valence-corrected chi connectivity index (χ4v) is 2.24. The zero-order chi connectivity index (χ0) is 20.6. The smallest absolute Gasteiger partial charge is 0.424 e. The van der Waals surface area contributed by atoms with Crippen LogP contribution < -0.4 is 10.1 Å². The molecule has 0 aliphatic rings. The van der Waals surface area contributed by atoms with Crippen molar-refractivity contribution in [2.75, 3.05) is 13.2 Å². The van der Waals surface area contributed by atoms with Crippen molar-refractivity contribution < 1.29 is 32.5 Å². The molecule has 0 aromatic heterocycles. The summed E-state index contributed by atoms with van der Waals surface area (Å²) in [5, 5.41) is 12.9. The van der Waals surface area contributed by atoms with Crippen LogP contribution in [0.25, 0.3) is 0 Å². The molecule has 2 aromatic carbocycles. The number of alkyl halides is 3. The summed E-state index contributed by atoms with van der Waals surface area (Å²) in [6.45, 7) is 1.77. The summed E-state index contributed by atoms with van der Waals surface area (Å²) in [6.07, 6.45) is -5.29. The lowest BCUT2D eigenvalue weighted by Gasteiger charge is -2.15. The number of hydrogen-bond acceptors (Lipinski definition) is 5. The highest BCUT2D eigenvalue weighted by Crippen LogP contribution is 2.27. The molecule has 1 atom stereocenters. The summed E-state index contributed by atoms with van der Waals surface area (Å²) in [4.78, 5) is 10.9. The second-order valence-corrected chi connectivity index (χ2v) is 6.00. The van der Waals surface area contributed by atoms with E-state index in [4.69, 9.17) is 9.47 Å². The zero-order valence-corrected chi connectivity index (χ0v) is 15.2. The number of carbonyl (C=O) groups is 1. The van der Waals surface area contributed by atoms with Crippen molar-refractivity contribution in [1.82, 2.24) is 5.32 Å². The summed E-state index contributed by atoms with van der Waals surface area (Å²) in [6, 6.07) is 13.7. The molecule has 1 unspecified atom stereocenters. The first kappa shape index (κ1) is 21.5. The van der Waals surface area contributed by atoms with E-state index in [9.17, 15) is 23.1 Å². The van der Waals surface area contributed by atoms with E-state index in [2.05, 4.69) is 17.4 Å². The lowest BCUT2D eigenvalue weighted by atomic mass is 10.2. The standard InChI is InChI=1S/C20H20F3NO4/c1-14(25)27-12-16-4-2-3-5-19(16)28-13-18(26)11-24-10-15-6-8-17(9-7-15)20(21,22)23/h2-6,8,18,24,26H,10-13H2,1H3. The van der Waals surface area contributed by atoms with Gasteiger partial charge in [0.2, 0.25) is 0 Å². The summed E-state index contributed by atoms with van der Waals surface area (Å²) >= 11 is 0. The molecule has 0 heterocycles. The quantitative estimate of drug-likeness (QED) is 0.639. The normalized spacial score (nSPS) is 12.2. The Labute approximate surface area is 161 Å². The van der Waals surface area contributed by atoms with Crippen molar-refractivity contribution in [3.05, 3.63) is 65.2 Å². The van der Waals surface area contributed by atoms with Gasteiger partial charge in [-0.25, -0.2) is 0 Å². The van der Waals surface area contributed by atoms with Crippen molar-refractivity contribution in [2.24, 2.45) is 0 Å². The summed E-state index contributed by atoms with van der Waals surface area (Å²) < 4.78 is 48.0. The first-order chi connectivity index (χ1) is 13.3. The van der Waals surface area contributed by atoms with Crippen LogP contribution in [-0.2, 0) is 28.9 Å². The van der Waals surface area contributed by atoms with Crippen LogP contribution in [0.1, 0.15) is 23.6 Å². The molecular weight excluding hydrogens is 375 g/mol. The molecule has 5 nitrogen and oxygen atoms in total. The fraction of sp³-hybridized carbons (Fsp3) is 0.350. The maximum atomic E-state index is 12.5. The third kappa shape index (κ3) is 7.10. The molecule has 150 valence electrons. The van der Waals surface area contributed by atoms with Gasteiger partial charge in [-0.15, -0.1) is 0 Å². The number of benzene rings is 1. The molecular formula is C20H20F3NO4. The van der Waals surface area contributed by atoms with Crippen molar-refractivity contribution in [3.8, 4) is 5.75 Å². The minimum atomic E-state index is -4.44. The molecule has 0 spiro atoms. The SMILES string of the molecule is CC(=O)OCc1ccccc1OCC(O)CNCc1c#cc(C(F)(F)F)cc1. The molecule has 2 rings (SSSR count). The number of aliphatic hydroxyl groups excluding tert-OH is 1. The number of para-hydroxylation sites is 1. The number of rotatable bonds is 9. The molecule has 0 aliphatic heterocycles. The maximum Gasteiger partial charge on any atom is 0.424 e. The Kier molecular flexibility index (Phi) is 7.67. The van der Waals surface area contributed by atoms with Gasteiger partial charge in [-0.1, -0.05) is 30.3 Å². The van der Waals surface area contributed by atoms with Crippen LogP contribution in [-0.4, -0.2) is 30.3 Å². The molecule has 0 radical (unpaired) electrons. The number of carbonyl (C=O) groups excluding carboxylic acids is 1. The number of halogens is 3. The number of esters is 1. The molecule has 0 aliphatic carbocycles. The highest BCUT2D eigenvalue weighted by atomic mass is 19.4. The van der Waals surface area contributed by atoms with Crippen LogP contribution in [0.4, 0.5) is 13.2 Å². The van der Waals surface area contributed by atoms with Gasteiger partial charge in [0.05, 0.1) is 0 Å². The van der Waals surface area contributed by atoms with E-state index in [0.29, 0.717) is 16.9 Å². The van der Waals surface area contributed by atoms with E-state index in [1.807, 2.05) is 0 Å². The van der Waals surface area contributed by atoms with E-state index in [1.165, 1.54) is 13.0 Å². The van der Waals surface area contributed by atoms with E-state index < -0.39 is 23.8 Å². The molecule has 0 saturated carbocycles. The summed E-state index contributed by atoms with van der Waals surface area (Å²) in [7, 11) is 0. The highest BCUT2D eigenvalue weighted by molar-refractivity contribution is 5.66. The Morgan fingerprint density at radius 3 is 2.61 bits per heavy atom. The Bertz CT molecular complexity index is 763. The summed E-state index contributed by atoms with van der Waals surface area (Å²) in [5.41, 5.74) is 0.290. The Hall–Kier alpha value is -2.76. The van der Waals surface area contributed by atoms with E-state index in [0.717, 1.165) is 6.07 Å². The Balaban J connectivity index is 1.76. The van der Waals surface area contributed by atoms with Crippen LogP contribution in [0.15, 0.2) is 36.4 Å². The Morgan fingerprint density at radius 1 is 1.21 bits per heavy atom. The zero-order valence-electron chi connectivity index (χ0n) is 15.2. The highest BCUT2D eigenvalue weighted by Gasteiger charge is 2.30. The monoisotopic (exact) mass is 395 g/mol. The molecule has 2 N–H and O–H groups in total. The van der Waals surface area contributed by atoms with E-state index in [1.54, 1.807) is 24.3 Å². The topological polar surface area (TPSA) is 67.8 Å². The minimum Gasteiger partial charge on any atom is -0.490 e. The maximum absolute atomic E-state index is 12.5. The van der Waals surface area contributed by atoms with Gasteiger partial charge in [0.1, 0.15) is 30.6 Å². The lowest BCUT2D eigenvalue weighted by Crippen LogP contribution is -2.31. The molecule has 2 aromatic rings. The molecule has 28 heavy (non-hydrogen) atoms. The second kappa shape index (κ2) is 9.97. The van der Waals surface area contributed by atoms with Crippen LogP contribution >= 0.6 is 0 Å². The van der Waals surface area contributed by atoms with Gasteiger partial charge in [-0.3, -0.25) is 4.79 Å². The molecule has 0 amide bonds. The van der Waals surface area contributed by atoms with Gasteiger partial charge in [0.15, 0.2) is 0 Å². The molecule has 0 saturated heterocycles. The van der Waals surface area contributed by atoms with Gasteiger partial charge in [0, 0.05) is 31.1 Å². The van der Waals surface area contributed by atoms with Crippen molar-refractivity contribution in [3.63, 3.8) is 0 Å². The largest absolute Gasteiger partial charge is 0.490 e.